The van der Waals surface area contributed by atoms with Gasteiger partial charge in [0.1, 0.15) is 0 Å². The van der Waals surface area contributed by atoms with Gasteiger partial charge in [0.2, 0.25) is 0 Å². The van der Waals surface area contributed by atoms with Crippen molar-refractivity contribution in [3.63, 3.8) is 0 Å². The molecule has 0 atom stereocenters. The van der Waals surface area contributed by atoms with Crippen molar-refractivity contribution in [2.24, 2.45) is 0 Å². The molecule has 0 saturated carbocycles. The van der Waals surface area contributed by atoms with Crippen molar-refractivity contribution in [1.29, 1.82) is 0 Å². The zero-order valence-corrected chi connectivity index (χ0v) is 10.1. The van der Waals surface area contributed by atoms with Gasteiger partial charge in [0.15, 0.2) is 0 Å². The van der Waals surface area contributed by atoms with Crippen molar-refractivity contribution >= 4 is 27.6 Å². The fourth-order valence-electron chi connectivity index (χ4n) is 1.97. The molecule has 1 aromatic carbocycles. The Morgan fingerprint density at radius 3 is 2.78 bits per heavy atom. The Balaban J connectivity index is 2.21. The number of hydrogen-bond acceptors (Lipinski definition) is 2. The second-order valence-electron chi connectivity index (χ2n) is 3.96. The number of carbonyl (C=O) groups is 1. The van der Waals surface area contributed by atoms with Crippen LogP contribution in [0.1, 0.15) is 10.4 Å². The zero-order chi connectivity index (χ0) is 12.5. The molecule has 4 heteroatoms. The number of halogens is 1. The van der Waals surface area contributed by atoms with E-state index in [1.165, 1.54) is 0 Å². The van der Waals surface area contributed by atoms with Crippen LogP contribution in [0.2, 0.25) is 0 Å². The molecule has 3 rings (SSSR count). The Hall–Kier alpha value is -2.13. The molecule has 0 amide bonds. The van der Waals surface area contributed by atoms with Gasteiger partial charge < -0.3 is 4.57 Å². The second-order valence-corrected chi connectivity index (χ2v) is 4.30. The minimum atomic E-state index is -0.457. The van der Waals surface area contributed by atoms with Crippen LogP contribution in [0.5, 0.6) is 0 Å². The molecule has 0 aliphatic heterocycles. The molecule has 0 aliphatic rings. The number of nitrogens with zero attached hydrogens (tertiary/aromatic N) is 2. The number of hydrogen-bond donors (Lipinski definition) is 0. The van der Waals surface area contributed by atoms with Gasteiger partial charge in [-0.1, -0.05) is 24.3 Å². The Kier molecular flexibility index (Phi) is 2.61. The van der Waals surface area contributed by atoms with Crippen LogP contribution in [0.15, 0.2) is 55.1 Å². The number of pyridine rings is 1. The predicted octanol–water partition coefficient (Wildman–Crippen LogP) is 3.40. The maximum absolute atomic E-state index is 11.1. The maximum atomic E-state index is 11.1. The van der Waals surface area contributed by atoms with Crippen LogP contribution in [-0.4, -0.2) is 14.8 Å². The van der Waals surface area contributed by atoms with Crippen LogP contribution < -0.4 is 0 Å². The third-order valence-electron chi connectivity index (χ3n) is 2.85. The average Bonchev–Trinajstić information content (AvgIpc) is 2.87. The normalized spacial score (nSPS) is 10.7. The summed E-state index contributed by atoms with van der Waals surface area (Å²) in [6.07, 6.45) is 7.10. The quantitative estimate of drug-likeness (QED) is 0.659. The molecule has 2 heterocycles. The van der Waals surface area contributed by atoms with E-state index in [1.54, 1.807) is 24.7 Å². The highest BCUT2D eigenvalue weighted by atomic mass is 35.5. The monoisotopic (exact) mass is 256 g/mol. The van der Waals surface area contributed by atoms with Gasteiger partial charge in [-0.2, -0.15) is 0 Å². The van der Waals surface area contributed by atoms with E-state index >= 15 is 0 Å². The second kappa shape index (κ2) is 4.27. The summed E-state index contributed by atoms with van der Waals surface area (Å²) in [7, 11) is 0. The van der Waals surface area contributed by atoms with Gasteiger partial charge in [-0.15, -0.1) is 0 Å². The average molecular weight is 257 g/mol. The van der Waals surface area contributed by atoms with Crippen molar-refractivity contribution in [2.45, 2.75) is 0 Å². The van der Waals surface area contributed by atoms with Crippen LogP contribution >= 0.6 is 11.6 Å². The zero-order valence-electron chi connectivity index (χ0n) is 9.38. The number of aromatic nitrogens is 2. The molecule has 0 N–H and O–H groups in total. The Morgan fingerprint density at radius 2 is 2.00 bits per heavy atom. The van der Waals surface area contributed by atoms with Crippen molar-refractivity contribution in [1.82, 2.24) is 9.55 Å². The molecule has 0 unspecified atom stereocenters. The van der Waals surface area contributed by atoms with E-state index in [2.05, 4.69) is 4.98 Å². The van der Waals surface area contributed by atoms with Crippen LogP contribution in [0.3, 0.4) is 0 Å². The smallest absolute Gasteiger partial charge is 0.253 e. The van der Waals surface area contributed by atoms with E-state index in [9.17, 15) is 4.79 Å². The lowest BCUT2D eigenvalue weighted by Crippen LogP contribution is -1.93. The van der Waals surface area contributed by atoms with Crippen LogP contribution in [0.4, 0.5) is 0 Å². The highest BCUT2D eigenvalue weighted by molar-refractivity contribution is 6.67. The molecule has 0 fully saturated rings. The van der Waals surface area contributed by atoms with E-state index in [1.807, 2.05) is 35.0 Å². The van der Waals surface area contributed by atoms with E-state index in [0.717, 1.165) is 16.5 Å². The predicted molar refractivity (Wildman–Crippen MR) is 71.3 cm³/mol. The summed E-state index contributed by atoms with van der Waals surface area (Å²) in [5.41, 5.74) is 1.40. The van der Waals surface area contributed by atoms with Crippen LogP contribution in [0, 0.1) is 0 Å². The lowest BCUT2D eigenvalue weighted by atomic mass is 10.1. The summed E-state index contributed by atoms with van der Waals surface area (Å²) in [4.78, 5) is 15.3. The standard InChI is InChI=1S/C14H9ClN2O/c15-14(18)11-5-6-17(9-11)13-8-16-7-10-3-1-2-4-12(10)13/h1-9H. The summed E-state index contributed by atoms with van der Waals surface area (Å²) in [6, 6.07) is 9.66. The number of rotatable bonds is 2. The number of carbonyl (C=O) groups excluding carboxylic acids is 1. The first-order valence-corrected chi connectivity index (χ1v) is 5.84. The van der Waals surface area contributed by atoms with Gasteiger partial charge in [0, 0.05) is 29.4 Å². The summed E-state index contributed by atoms with van der Waals surface area (Å²) in [5.74, 6) is 0. The molecule has 3 aromatic rings. The van der Waals surface area contributed by atoms with E-state index < -0.39 is 5.24 Å². The minimum absolute atomic E-state index is 0.457. The van der Waals surface area contributed by atoms with Crippen molar-refractivity contribution in [3.05, 3.63) is 60.7 Å². The van der Waals surface area contributed by atoms with E-state index in [0.29, 0.717) is 5.56 Å². The first-order chi connectivity index (χ1) is 8.75. The molecule has 88 valence electrons. The third-order valence-corrected chi connectivity index (χ3v) is 3.06. The lowest BCUT2D eigenvalue weighted by Gasteiger charge is -2.06. The first-order valence-electron chi connectivity index (χ1n) is 5.46. The largest absolute Gasteiger partial charge is 0.321 e. The highest BCUT2D eigenvalue weighted by Gasteiger charge is 2.07. The van der Waals surface area contributed by atoms with Gasteiger partial charge in [0.25, 0.3) is 5.24 Å². The van der Waals surface area contributed by atoms with E-state index in [-0.39, 0.29) is 0 Å². The maximum Gasteiger partial charge on any atom is 0.253 e. The molecule has 0 aliphatic carbocycles. The van der Waals surface area contributed by atoms with Gasteiger partial charge in [-0.05, 0) is 17.7 Å². The molecular weight excluding hydrogens is 248 g/mol. The fraction of sp³-hybridized carbons (Fsp3) is 0. The third kappa shape index (κ3) is 1.79. The molecule has 18 heavy (non-hydrogen) atoms. The van der Waals surface area contributed by atoms with Crippen LogP contribution in [0.25, 0.3) is 16.5 Å². The molecule has 2 aromatic heterocycles. The van der Waals surface area contributed by atoms with Crippen molar-refractivity contribution in [2.75, 3.05) is 0 Å². The topological polar surface area (TPSA) is 34.9 Å². The molecule has 0 radical (unpaired) electrons. The van der Waals surface area contributed by atoms with E-state index in [4.69, 9.17) is 11.6 Å². The highest BCUT2D eigenvalue weighted by Crippen LogP contribution is 2.21. The van der Waals surface area contributed by atoms with Crippen LogP contribution in [-0.2, 0) is 0 Å². The number of benzene rings is 1. The summed E-state index contributed by atoms with van der Waals surface area (Å²) < 4.78 is 1.85. The van der Waals surface area contributed by atoms with Gasteiger partial charge in [-0.25, -0.2) is 0 Å². The Labute approximate surface area is 109 Å². The molecule has 0 spiro atoms. The van der Waals surface area contributed by atoms with Crippen molar-refractivity contribution < 1.29 is 4.79 Å². The minimum Gasteiger partial charge on any atom is -0.321 e. The Bertz CT molecular complexity index is 728. The first kappa shape index (κ1) is 11.0. The SMILES string of the molecule is O=C(Cl)c1ccn(-c2cncc3ccccc23)c1. The summed E-state index contributed by atoms with van der Waals surface area (Å²) in [6.45, 7) is 0. The lowest BCUT2D eigenvalue weighted by molar-refractivity contribution is 0.108. The molecule has 3 nitrogen and oxygen atoms in total. The Morgan fingerprint density at radius 1 is 1.17 bits per heavy atom. The summed E-state index contributed by atoms with van der Waals surface area (Å²) >= 11 is 5.45. The number of fused-ring (bicyclic) bond motifs is 1. The van der Waals surface area contributed by atoms with Gasteiger partial charge in [-0.3, -0.25) is 9.78 Å². The fourth-order valence-corrected chi connectivity index (χ4v) is 2.08. The molecule has 0 bridgehead atoms. The molecule has 0 saturated heterocycles. The summed E-state index contributed by atoms with van der Waals surface area (Å²) in [5, 5.41) is 1.68. The molecular formula is C14H9ClN2O. The van der Waals surface area contributed by atoms with Gasteiger partial charge in [0.05, 0.1) is 17.4 Å². The van der Waals surface area contributed by atoms with Crippen molar-refractivity contribution in [3.8, 4) is 5.69 Å². The van der Waals surface area contributed by atoms with Gasteiger partial charge >= 0.3 is 0 Å².